The summed E-state index contributed by atoms with van der Waals surface area (Å²) in [6.45, 7) is 26.4. The summed E-state index contributed by atoms with van der Waals surface area (Å²) < 4.78 is 10.3. The molecule has 8 heteroatoms. The predicted octanol–water partition coefficient (Wildman–Crippen LogP) is 2.63. The minimum atomic E-state index is 0. The maximum absolute atomic E-state index is 10.7. The van der Waals surface area contributed by atoms with Gasteiger partial charge in [-0.25, -0.2) is 0 Å². The Balaban J connectivity index is -0.000000356. The average molecular weight is 764 g/mol. The van der Waals surface area contributed by atoms with E-state index in [9.17, 15) is 9.59 Å². The molecule has 2 rings (SSSR count). The molecule has 0 bridgehead atoms. The average Bonchev–Trinajstić information content (AvgIpc) is 2.54. The van der Waals surface area contributed by atoms with Crippen LogP contribution in [0.25, 0.3) is 0 Å². The van der Waals surface area contributed by atoms with Gasteiger partial charge < -0.3 is 47.0 Å². The van der Waals surface area contributed by atoms with E-state index >= 15 is 0 Å². The molecule has 1 heterocycles. The molecule has 30 heavy (non-hydrogen) atoms. The standard InChI is InChI=1S/C8H13O2.C7H12NO2.C7H15N.2W/c1-3-10-8-4-7(5-8)6(2)9;1-3-10-7-4-8(5-7)6(2)9;1-5-8(6-2)7(3)4;;/h7-8H,1,3-5H2,2H3;7H,1,3-5H2,2H3;7H,1-2,5-6H2,3-4H3;;/q2*-1;-2;2*+2. The summed E-state index contributed by atoms with van der Waals surface area (Å²) in [5.74, 6) is 0.698. The van der Waals surface area contributed by atoms with Gasteiger partial charge in [0.15, 0.2) is 0 Å². The first-order valence-electron chi connectivity index (χ1n) is 10.1. The van der Waals surface area contributed by atoms with Crippen LogP contribution in [-0.2, 0) is 61.2 Å². The van der Waals surface area contributed by atoms with Crippen molar-refractivity contribution in [3.05, 3.63) is 27.7 Å². The molecule has 0 unspecified atom stereocenters. The number of amides is 1. The molecule has 1 saturated heterocycles. The third-order valence-corrected chi connectivity index (χ3v) is 4.97. The second-order valence-electron chi connectivity index (χ2n) is 7.32. The molecule has 1 aliphatic carbocycles. The number of ether oxygens (including phenoxy) is 2. The molecular formula is C22H40N2O4W2. The third kappa shape index (κ3) is 14.5. The van der Waals surface area contributed by atoms with Crippen LogP contribution in [0.1, 0.15) is 40.5 Å². The van der Waals surface area contributed by atoms with Crippen LogP contribution in [0.15, 0.2) is 0 Å². The van der Waals surface area contributed by atoms with Crippen molar-refractivity contribution in [2.75, 3.05) is 39.4 Å². The van der Waals surface area contributed by atoms with Gasteiger partial charge in [-0.1, -0.05) is 27.1 Å². The summed E-state index contributed by atoms with van der Waals surface area (Å²) in [4.78, 5) is 25.3. The molecule has 174 valence electrons. The summed E-state index contributed by atoms with van der Waals surface area (Å²) in [5, 5.41) is 0. The number of rotatable bonds is 8. The Hall–Kier alpha value is 0.397. The Morgan fingerprint density at radius 1 is 0.933 bits per heavy atom. The fraction of sp³-hybridized carbons (Fsp3) is 0.727. The van der Waals surface area contributed by atoms with Crippen molar-refractivity contribution >= 4 is 11.7 Å². The van der Waals surface area contributed by atoms with E-state index in [1.807, 2.05) is 0 Å². The van der Waals surface area contributed by atoms with Crippen molar-refractivity contribution in [1.82, 2.24) is 9.80 Å². The van der Waals surface area contributed by atoms with E-state index in [1.165, 1.54) is 0 Å². The van der Waals surface area contributed by atoms with Crippen molar-refractivity contribution in [1.29, 1.82) is 0 Å². The van der Waals surface area contributed by atoms with E-state index in [0.29, 0.717) is 31.1 Å². The summed E-state index contributed by atoms with van der Waals surface area (Å²) >= 11 is 0. The van der Waals surface area contributed by atoms with Crippen molar-refractivity contribution < 1.29 is 61.2 Å². The minimum absolute atomic E-state index is 0. The fourth-order valence-corrected chi connectivity index (χ4v) is 2.80. The van der Waals surface area contributed by atoms with Gasteiger partial charge in [0.25, 0.3) is 0 Å². The molecule has 0 spiro atoms. The van der Waals surface area contributed by atoms with Gasteiger partial charge in [0, 0.05) is 25.9 Å². The second-order valence-corrected chi connectivity index (χ2v) is 7.32. The van der Waals surface area contributed by atoms with E-state index in [2.05, 4.69) is 46.4 Å². The molecule has 0 atom stereocenters. The van der Waals surface area contributed by atoms with Gasteiger partial charge >= 0.3 is 42.1 Å². The molecule has 0 aromatic carbocycles. The van der Waals surface area contributed by atoms with Crippen LogP contribution in [0.3, 0.4) is 0 Å². The van der Waals surface area contributed by atoms with E-state index in [4.69, 9.17) is 9.47 Å². The van der Waals surface area contributed by atoms with Crippen molar-refractivity contribution in [3.8, 4) is 0 Å². The zero-order chi connectivity index (χ0) is 21.7. The summed E-state index contributed by atoms with van der Waals surface area (Å²) in [6, 6.07) is 0.588. The molecule has 0 radical (unpaired) electrons. The molecule has 6 nitrogen and oxygen atoms in total. The van der Waals surface area contributed by atoms with Gasteiger partial charge in [0.05, 0.1) is 12.2 Å². The molecular weight excluding hydrogens is 724 g/mol. The Morgan fingerprint density at radius 3 is 1.63 bits per heavy atom. The van der Waals surface area contributed by atoms with Gasteiger partial charge in [-0.3, -0.25) is 9.59 Å². The van der Waals surface area contributed by atoms with Crippen LogP contribution in [-0.4, -0.2) is 79.1 Å². The second kappa shape index (κ2) is 20.0. The number of ketones is 1. The normalized spacial score (nSPS) is 19.7. The molecule has 0 N–H and O–H groups in total. The van der Waals surface area contributed by atoms with Gasteiger partial charge in [-0.05, 0) is 25.8 Å². The third-order valence-electron chi connectivity index (χ3n) is 4.97. The van der Waals surface area contributed by atoms with Crippen LogP contribution in [0.4, 0.5) is 0 Å². The molecule has 0 aromatic rings. The largest absolute Gasteiger partial charge is 2.00 e. The van der Waals surface area contributed by atoms with Gasteiger partial charge in [0.2, 0.25) is 5.91 Å². The topological polar surface area (TPSA) is 59.1 Å². The first-order valence-corrected chi connectivity index (χ1v) is 10.1. The molecule has 2 aliphatic rings. The van der Waals surface area contributed by atoms with E-state index in [-0.39, 0.29) is 60.1 Å². The molecule has 2 fully saturated rings. The Morgan fingerprint density at radius 2 is 1.37 bits per heavy atom. The molecule has 1 aliphatic heterocycles. The monoisotopic (exact) mass is 764 g/mol. The fourth-order valence-electron chi connectivity index (χ4n) is 2.80. The number of carbonyl (C=O) groups is 2. The molecule has 1 saturated carbocycles. The van der Waals surface area contributed by atoms with Crippen LogP contribution < -0.4 is 0 Å². The van der Waals surface area contributed by atoms with Crippen LogP contribution in [0.2, 0.25) is 0 Å². The number of carbonyl (C=O) groups excluding carboxylic acids is 2. The minimum Gasteiger partial charge on any atom is -0.410 e. The van der Waals surface area contributed by atoms with Crippen molar-refractivity contribution in [3.63, 3.8) is 0 Å². The van der Waals surface area contributed by atoms with Gasteiger partial charge in [-0.2, -0.15) is 0 Å². The zero-order valence-electron chi connectivity index (χ0n) is 19.1. The predicted molar refractivity (Wildman–Crippen MR) is 113 cm³/mol. The van der Waals surface area contributed by atoms with Crippen molar-refractivity contribution in [2.24, 2.45) is 5.92 Å². The SMILES string of the molecule is [CH2-]CN(C[CH2-])C(C)C.[CH2-]COC1CC(C(C)=O)C1.[CH2-]COC1CN(C(C)=O)C1.[W+2].[W+2]. The number of hydrogen-bond donors (Lipinski definition) is 0. The number of likely N-dealkylation sites (tertiary alicyclic amines) is 1. The van der Waals surface area contributed by atoms with Crippen LogP contribution in [0, 0.1) is 33.6 Å². The van der Waals surface area contributed by atoms with E-state index in [1.54, 1.807) is 18.7 Å². The number of Topliss-reactive ketones (excluding diaryl/α,β-unsaturated/α-hetero) is 1. The van der Waals surface area contributed by atoms with Crippen LogP contribution in [0.5, 0.6) is 0 Å². The van der Waals surface area contributed by atoms with E-state index in [0.717, 1.165) is 39.0 Å². The first kappa shape index (κ1) is 35.0. The van der Waals surface area contributed by atoms with Crippen LogP contribution >= 0.6 is 0 Å². The van der Waals surface area contributed by atoms with Gasteiger partial charge in [0.1, 0.15) is 5.78 Å². The summed E-state index contributed by atoms with van der Waals surface area (Å²) in [5.41, 5.74) is 0. The smallest absolute Gasteiger partial charge is 0.410 e. The Labute approximate surface area is 213 Å². The molecule has 1 amide bonds. The summed E-state index contributed by atoms with van der Waals surface area (Å²) in [6.07, 6.45) is 2.36. The Bertz CT molecular complexity index is 405. The van der Waals surface area contributed by atoms with E-state index < -0.39 is 0 Å². The number of nitrogens with zero attached hydrogens (tertiary/aromatic N) is 2. The summed E-state index contributed by atoms with van der Waals surface area (Å²) in [7, 11) is 0. The molecule has 0 aromatic heterocycles. The quantitative estimate of drug-likeness (QED) is 0.357. The van der Waals surface area contributed by atoms with Gasteiger partial charge in [-0.15, -0.1) is 13.1 Å². The van der Waals surface area contributed by atoms with Crippen molar-refractivity contribution in [2.45, 2.75) is 58.8 Å². The first-order chi connectivity index (χ1) is 13.2. The maximum Gasteiger partial charge on any atom is 2.00 e. The Kier molecular flexibility index (Phi) is 23.4. The maximum atomic E-state index is 10.7. The zero-order valence-corrected chi connectivity index (χ0v) is 25.0. The number of hydrogen-bond acceptors (Lipinski definition) is 5.